The number of hydrogen-bond acceptors (Lipinski definition) is 6. The third kappa shape index (κ3) is 2.32. The number of carbonyl (C=O) groups is 1. The summed E-state index contributed by atoms with van der Waals surface area (Å²) in [5.41, 5.74) is 6.39. The Bertz CT molecular complexity index is 911. The standard InChI is InChI=1S/C14H8ClN5O2/c15-7-1-2-10(19-6-7)20-14(21)13-12(17)11-8(5-16)18-4-3-9(11)22-13/h1-4,6H,17H2,(H,19,20,21). The van der Waals surface area contributed by atoms with Crippen molar-refractivity contribution in [2.24, 2.45) is 0 Å². The normalized spacial score (nSPS) is 10.4. The first-order chi connectivity index (χ1) is 10.6. The summed E-state index contributed by atoms with van der Waals surface area (Å²) in [4.78, 5) is 20.1. The van der Waals surface area contributed by atoms with Gasteiger partial charge in [0.15, 0.2) is 5.69 Å². The van der Waals surface area contributed by atoms with E-state index in [1.165, 1.54) is 18.5 Å². The molecule has 0 unspecified atom stereocenters. The van der Waals surface area contributed by atoms with Crippen LogP contribution in [0.25, 0.3) is 11.0 Å². The van der Waals surface area contributed by atoms with Crippen LogP contribution in [-0.4, -0.2) is 15.9 Å². The van der Waals surface area contributed by atoms with Crippen molar-refractivity contribution in [3.63, 3.8) is 0 Å². The number of nitrogen functional groups attached to an aromatic ring is 1. The average Bonchev–Trinajstić information content (AvgIpc) is 2.87. The van der Waals surface area contributed by atoms with E-state index in [1.807, 2.05) is 6.07 Å². The van der Waals surface area contributed by atoms with E-state index in [-0.39, 0.29) is 17.1 Å². The summed E-state index contributed by atoms with van der Waals surface area (Å²) < 4.78 is 5.42. The number of amides is 1. The van der Waals surface area contributed by atoms with E-state index in [2.05, 4.69) is 15.3 Å². The molecule has 0 atom stereocenters. The van der Waals surface area contributed by atoms with E-state index >= 15 is 0 Å². The summed E-state index contributed by atoms with van der Waals surface area (Å²) in [6.07, 6.45) is 2.81. The SMILES string of the molecule is N#Cc1nccc2oc(C(=O)Nc3ccc(Cl)cn3)c(N)c12. The van der Waals surface area contributed by atoms with Crippen LogP contribution in [0.4, 0.5) is 11.5 Å². The Labute approximate surface area is 129 Å². The van der Waals surface area contributed by atoms with E-state index < -0.39 is 5.91 Å². The Balaban J connectivity index is 2.00. The first-order valence-electron chi connectivity index (χ1n) is 6.10. The van der Waals surface area contributed by atoms with Crippen molar-refractivity contribution in [1.82, 2.24) is 9.97 Å². The van der Waals surface area contributed by atoms with E-state index in [4.69, 9.17) is 27.0 Å². The first kappa shape index (κ1) is 13.9. The van der Waals surface area contributed by atoms with Crippen molar-refractivity contribution in [1.29, 1.82) is 5.26 Å². The van der Waals surface area contributed by atoms with Crippen LogP contribution in [0.3, 0.4) is 0 Å². The Kier molecular flexibility index (Phi) is 3.37. The lowest BCUT2D eigenvalue weighted by atomic mass is 10.2. The molecule has 22 heavy (non-hydrogen) atoms. The first-order valence-corrected chi connectivity index (χ1v) is 6.48. The zero-order valence-electron chi connectivity index (χ0n) is 11.0. The van der Waals surface area contributed by atoms with E-state index in [1.54, 1.807) is 12.1 Å². The summed E-state index contributed by atoms with van der Waals surface area (Å²) in [5, 5.41) is 12.3. The zero-order chi connectivity index (χ0) is 15.7. The Morgan fingerprint density at radius 2 is 2.18 bits per heavy atom. The highest BCUT2D eigenvalue weighted by Crippen LogP contribution is 2.30. The number of furan rings is 1. The molecule has 8 heteroatoms. The van der Waals surface area contributed by atoms with E-state index in [0.717, 1.165) is 0 Å². The number of nitrogens with one attached hydrogen (secondary N) is 1. The van der Waals surface area contributed by atoms with Crippen LogP contribution < -0.4 is 11.1 Å². The molecule has 3 rings (SSSR count). The van der Waals surface area contributed by atoms with Gasteiger partial charge in [-0.25, -0.2) is 9.97 Å². The summed E-state index contributed by atoms with van der Waals surface area (Å²) in [5.74, 6) is -0.378. The number of hydrogen-bond donors (Lipinski definition) is 2. The lowest BCUT2D eigenvalue weighted by Gasteiger charge is -2.02. The van der Waals surface area contributed by atoms with Gasteiger partial charge in [0, 0.05) is 12.4 Å². The van der Waals surface area contributed by atoms with E-state index in [0.29, 0.717) is 21.8 Å². The van der Waals surface area contributed by atoms with Gasteiger partial charge in [-0.2, -0.15) is 5.26 Å². The lowest BCUT2D eigenvalue weighted by molar-refractivity contribution is 0.0999. The van der Waals surface area contributed by atoms with Crippen LogP contribution in [0.15, 0.2) is 35.0 Å². The summed E-state index contributed by atoms with van der Waals surface area (Å²) >= 11 is 5.73. The van der Waals surface area contributed by atoms with Crippen molar-refractivity contribution in [3.05, 3.63) is 47.1 Å². The number of pyridine rings is 2. The molecule has 0 aliphatic carbocycles. The van der Waals surface area contributed by atoms with Gasteiger partial charge in [0.25, 0.3) is 5.91 Å². The molecule has 1 amide bonds. The summed E-state index contributed by atoms with van der Waals surface area (Å²) in [6.45, 7) is 0. The second-order valence-electron chi connectivity index (χ2n) is 4.31. The largest absolute Gasteiger partial charge is 0.448 e. The van der Waals surface area contributed by atoms with Gasteiger partial charge in [-0.1, -0.05) is 11.6 Å². The Hall–Kier alpha value is -3.11. The number of carbonyl (C=O) groups excluding carboxylic acids is 1. The van der Waals surface area contributed by atoms with Crippen LogP contribution in [-0.2, 0) is 0 Å². The Morgan fingerprint density at radius 3 is 2.86 bits per heavy atom. The number of nitriles is 1. The number of nitrogens with two attached hydrogens (primary N) is 1. The molecule has 0 saturated carbocycles. The smallest absolute Gasteiger partial charge is 0.294 e. The molecule has 3 aromatic heterocycles. The molecule has 3 aromatic rings. The maximum absolute atomic E-state index is 12.2. The van der Waals surface area contributed by atoms with Gasteiger partial charge in [-0.3, -0.25) is 4.79 Å². The van der Waals surface area contributed by atoms with E-state index in [9.17, 15) is 4.79 Å². The zero-order valence-corrected chi connectivity index (χ0v) is 11.8. The highest BCUT2D eigenvalue weighted by atomic mass is 35.5. The summed E-state index contributed by atoms with van der Waals surface area (Å²) in [7, 11) is 0. The van der Waals surface area contributed by atoms with Gasteiger partial charge in [0.1, 0.15) is 17.5 Å². The molecular formula is C14H8ClN5O2. The molecule has 0 spiro atoms. The molecule has 0 fully saturated rings. The fraction of sp³-hybridized carbons (Fsp3) is 0. The van der Waals surface area contributed by atoms with Gasteiger partial charge in [-0.05, 0) is 18.2 Å². The van der Waals surface area contributed by atoms with Gasteiger partial charge in [-0.15, -0.1) is 0 Å². The van der Waals surface area contributed by atoms with Crippen molar-refractivity contribution < 1.29 is 9.21 Å². The van der Waals surface area contributed by atoms with Crippen LogP contribution in [0.5, 0.6) is 0 Å². The Morgan fingerprint density at radius 1 is 1.36 bits per heavy atom. The van der Waals surface area contributed by atoms with Crippen LogP contribution in [0.1, 0.15) is 16.2 Å². The minimum Gasteiger partial charge on any atom is -0.448 e. The molecule has 108 valence electrons. The molecular weight excluding hydrogens is 306 g/mol. The van der Waals surface area contributed by atoms with Gasteiger partial charge in [0.2, 0.25) is 5.76 Å². The van der Waals surface area contributed by atoms with Crippen LogP contribution in [0, 0.1) is 11.3 Å². The van der Waals surface area contributed by atoms with Crippen molar-refractivity contribution in [2.45, 2.75) is 0 Å². The monoisotopic (exact) mass is 313 g/mol. The highest BCUT2D eigenvalue weighted by Gasteiger charge is 2.21. The van der Waals surface area contributed by atoms with Gasteiger partial charge in [0.05, 0.1) is 16.1 Å². The minimum atomic E-state index is -0.576. The van der Waals surface area contributed by atoms with Gasteiger partial charge < -0.3 is 15.5 Å². The predicted octanol–water partition coefficient (Wildman–Crippen LogP) is 2.58. The second kappa shape index (κ2) is 5.35. The predicted molar refractivity (Wildman–Crippen MR) is 80.3 cm³/mol. The number of halogens is 1. The molecule has 0 aliphatic rings. The third-order valence-electron chi connectivity index (χ3n) is 2.92. The van der Waals surface area contributed by atoms with Crippen LogP contribution in [0.2, 0.25) is 5.02 Å². The number of rotatable bonds is 2. The quantitative estimate of drug-likeness (QED) is 0.750. The maximum atomic E-state index is 12.2. The fourth-order valence-corrected chi connectivity index (χ4v) is 2.06. The molecule has 0 bridgehead atoms. The van der Waals surface area contributed by atoms with Crippen molar-refractivity contribution in [2.75, 3.05) is 11.1 Å². The molecule has 0 aliphatic heterocycles. The topological polar surface area (TPSA) is 118 Å². The molecule has 0 radical (unpaired) electrons. The molecule has 0 saturated heterocycles. The number of fused-ring (bicyclic) bond motifs is 1. The molecule has 7 nitrogen and oxygen atoms in total. The number of nitrogens with zero attached hydrogens (tertiary/aromatic N) is 3. The van der Waals surface area contributed by atoms with Crippen molar-refractivity contribution >= 4 is 40.0 Å². The average molecular weight is 314 g/mol. The van der Waals surface area contributed by atoms with Gasteiger partial charge >= 0.3 is 0 Å². The fourth-order valence-electron chi connectivity index (χ4n) is 1.94. The lowest BCUT2D eigenvalue weighted by Crippen LogP contribution is -2.13. The third-order valence-corrected chi connectivity index (χ3v) is 3.14. The highest BCUT2D eigenvalue weighted by molar-refractivity contribution is 6.30. The molecule has 3 heterocycles. The minimum absolute atomic E-state index is 0.0612. The van der Waals surface area contributed by atoms with Crippen molar-refractivity contribution in [3.8, 4) is 6.07 Å². The second-order valence-corrected chi connectivity index (χ2v) is 4.74. The molecule has 3 N–H and O–H groups in total. The number of aromatic nitrogens is 2. The maximum Gasteiger partial charge on any atom is 0.294 e. The van der Waals surface area contributed by atoms with Crippen LogP contribution >= 0.6 is 11.6 Å². The summed E-state index contributed by atoms with van der Waals surface area (Å²) in [6, 6.07) is 6.57. The molecule has 0 aromatic carbocycles. The number of anilines is 2.